The van der Waals surface area contributed by atoms with Gasteiger partial charge in [0.25, 0.3) is 0 Å². The zero-order chi connectivity index (χ0) is 24.0. The fourth-order valence-electron chi connectivity index (χ4n) is 4.96. The number of ether oxygens (including phenoxy) is 1. The lowest BCUT2D eigenvalue weighted by Crippen LogP contribution is -2.39. The fourth-order valence-corrected chi connectivity index (χ4v) is 6.54. The van der Waals surface area contributed by atoms with Crippen molar-refractivity contribution in [3.63, 3.8) is 0 Å². The molecule has 2 aromatic rings. The summed E-state index contributed by atoms with van der Waals surface area (Å²) >= 11 is 6.46. The van der Waals surface area contributed by atoms with Crippen molar-refractivity contribution in [2.45, 2.75) is 62.0 Å². The van der Waals surface area contributed by atoms with Gasteiger partial charge in [0.15, 0.2) is 0 Å². The number of aromatic nitrogens is 2. The van der Waals surface area contributed by atoms with Crippen LogP contribution in [0.1, 0.15) is 44.9 Å². The summed E-state index contributed by atoms with van der Waals surface area (Å²) in [6, 6.07) is 7.28. The third-order valence-corrected chi connectivity index (χ3v) is 8.82. The summed E-state index contributed by atoms with van der Waals surface area (Å²) in [6.45, 7) is 1.93. The monoisotopic (exact) mass is 507 g/mol. The van der Waals surface area contributed by atoms with Crippen molar-refractivity contribution >= 4 is 33.3 Å². The van der Waals surface area contributed by atoms with E-state index in [-0.39, 0.29) is 22.6 Å². The molecule has 0 bridgehead atoms. The average molecular weight is 508 g/mol. The molecule has 1 aliphatic heterocycles. The van der Waals surface area contributed by atoms with Gasteiger partial charge in [-0.25, -0.2) is 23.1 Å². The van der Waals surface area contributed by atoms with E-state index in [0.717, 1.165) is 44.5 Å². The second-order valence-corrected chi connectivity index (χ2v) is 11.3. The minimum Gasteiger partial charge on any atom is -0.380 e. The van der Waals surface area contributed by atoms with Crippen LogP contribution >= 0.6 is 11.6 Å². The molecule has 2 fully saturated rings. The number of methoxy groups -OCH3 is 1. The van der Waals surface area contributed by atoms with Crippen LogP contribution in [0.4, 0.5) is 11.6 Å². The van der Waals surface area contributed by atoms with Gasteiger partial charge >= 0.3 is 0 Å². The van der Waals surface area contributed by atoms with Crippen LogP contribution in [0.25, 0.3) is 0 Å². The van der Waals surface area contributed by atoms with Gasteiger partial charge in [0.2, 0.25) is 16.0 Å². The summed E-state index contributed by atoms with van der Waals surface area (Å²) in [5, 5.41) is 3.60. The Morgan fingerprint density at radius 3 is 2.47 bits per heavy atom. The van der Waals surface area contributed by atoms with Gasteiger partial charge < -0.3 is 15.0 Å². The van der Waals surface area contributed by atoms with E-state index in [1.165, 1.54) is 19.3 Å². The summed E-state index contributed by atoms with van der Waals surface area (Å²) in [6.07, 6.45) is 11.0. The Morgan fingerprint density at radius 1 is 1.12 bits per heavy atom. The smallest absolute Gasteiger partial charge is 0.242 e. The maximum Gasteiger partial charge on any atom is 0.242 e. The standard InChI is InChI=1S/C24H34ClN5O3S/c1-33-22(18-6-3-2-4-7-18)17-28-34(31,32)23-9-8-20(16-21(23)25)30-14-10-19(11-15-30)29-24-26-12-5-13-27-24/h5,8-9,12-13,16,18-19,22,28H,2-4,6-7,10-11,14-15,17H2,1H3,(H,26,27,29). The fraction of sp³-hybridized carbons (Fsp3) is 0.583. The topological polar surface area (TPSA) is 96.5 Å². The van der Waals surface area contributed by atoms with Crippen molar-refractivity contribution in [1.82, 2.24) is 14.7 Å². The van der Waals surface area contributed by atoms with Crippen molar-refractivity contribution in [1.29, 1.82) is 0 Å². The molecule has 8 nitrogen and oxygen atoms in total. The molecule has 0 radical (unpaired) electrons. The number of hydrogen-bond donors (Lipinski definition) is 2. The first-order valence-corrected chi connectivity index (χ1v) is 13.9. The molecule has 0 spiro atoms. The van der Waals surface area contributed by atoms with Crippen LogP contribution in [-0.2, 0) is 14.8 Å². The molecule has 1 unspecified atom stereocenters. The highest BCUT2D eigenvalue weighted by molar-refractivity contribution is 7.89. The minimum absolute atomic E-state index is 0.106. The molecular formula is C24H34ClN5O3S. The van der Waals surface area contributed by atoms with Crippen molar-refractivity contribution in [3.8, 4) is 0 Å². The van der Waals surface area contributed by atoms with Crippen LogP contribution in [0.2, 0.25) is 5.02 Å². The minimum atomic E-state index is -3.73. The summed E-state index contributed by atoms with van der Waals surface area (Å²) in [4.78, 5) is 10.8. The third-order valence-electron chi connectivity index (χ3n) is 6.92. The summed E-state index contributed by atoms with van der Waals surface area (Å²) in [7, 11) is -2.08. The number of benzene rings is 1. The number of rotatable bonds is 9. The predicted octanol–water partition coefficient (Wildman–Crippen LogP) is 4.08. The van der Waals surface area contributed by atoms with Gasteiger partial charge in [0, 0.05) is 50.9 Å². The van der Waals surface area contributed by atoms with E-state index in [1.54, 1.807) is 37.7 Å². The van der Waals surface area contributed by atoms with Gasteiger partial charge in [-0.05, 0) is 55.9 Å². The molecule has 1 atom stereocenters. The van der Waals surface area contributed by atoms with Crippen LogP contribution in [0, 0.1) is 5.92 Å². The average Bonchev–Trinajstić information content (AvgIpc) is 2.86. The lowest BCUT2D eigenvalue weighted by Gasteiger charge is -2.34. The Balaban J connectivity index is 1.34. The summed E-state index contributed by atoms with van der Waals surface area (Å²) in [5.74, 6) is 1.04. The first-order valence-electron chi connectivity index (χ1n) is 12.1. The van der Waals surface area contributed by atoms with Gasteiger partial charge in [-0.15, -0.1) is 0 Å². The van der Waals surface area contributed by atoms with Gasteiger partial charge in [-0.1, -0.05) is 30.9 Å². The zero-order valence-electron chi connectivity index (χ0n) is 19.6. The molecule has 1 aromatic heterocycles. The summed E-state index contributed by atoms with van der Waals surface area (Å²) < 4.78 is 34.3. The van der Waals surface area contributed by atoms with Crippen LogP contribution in [0.15, 0.2) is 41.6 Å². The molecule has 2 aliphatic rings. The van der Waals surface area contributed by atoms with Crippen LogP contribution in [0.5, 0.6) is 0 Å². The number of anilines is 2. The van der Waals surface area contributed by atoms with Crippen molar-refractivity contribution < 1.29 is 13.2 Å². The highest BCUT2D eigenvalue weighted by Crippen LogP contribution is 2.30. The van der Waals surface area contributed by atoms with E-state index in [2.05, 4.69) is 24.9 Å². The Kier molecular flexibility index (Phi) is 8.63. The molecule has 2 heterocycles. The van der Waals surface area contributed by atoms with E-state index in [0.29, 0.717) is 17.9 Å². The molecule has 1 aliphatic carbocycles. The molecule has 0 amide bonds. The molecule has 1 aromatic carbocycles. The number of nitrogens with zero attached hydrogens (tertiary/aromatic N) is 3. The Hall–Kier alpha value is -1.94. The second kappa shape index (κ2) is 11.7. The van der Waals surface area contributed by atoms with Gasteiger partial charge in [0.05, 0.1) is 11.1 Å². The largest absolute Gasteiger partial charge is 0.380 e. The van der Waals surface area contributed by atoms with Gasteiger partial charge in [-0.2, -0.15) is 0 Å². The van der Waals surface area contributed by atoms with Crippen molar-refractivity contribution in [3.05, 3.63) is 41.7 Å². The first kappa shape index (κ1) is 25.2. The second-order valence-electron chi connectivity index (χ2n) is 9.12. The van der Waals surface area contributed by atoms with Crippen LogP contribution in [-0.4, -0.2) is 57.3 Å². The number of sulfonamides is 1. The zero-order valence-corrected chi connectivity index (χ0v) is 21.2. The SMILES string of the molecule is COC(CNS(=O)(=O)c1ccc(N2CCC(Nc3ncccn3)CC2)cc1Cl)C1CCCCC1. The molecule has 1 saturated carbocycles. The van der Waals surface area contributed by atoms with Gasteiger partial charge in [0.1, 0.15) is 4.90 Å². The lowest BCUT2D eigenvalue weighted by molar-refractivity contribution is 0.0406. The normalized spacial score (nSPS) is 19.2. The Bertz CT molecular complexity index is 1030. The lowest BCUT2D eigenvalue weighted by atomic mass is 9.85. The molecular weight excluding hydrogens is 474 g/mol. The number of piperidine rings is 1. The number of halogens is 1. The van der Waals surface area contributed by atoms with E-state index < -0.39 is 10.0 Å². The molecule has 10 heteroatoms. The predicted molar refractivity (Wildman–Crippen MR) is 135 cm³/mol. The van der Waals surface area contributed by atoms with Gasteiger partial charge in [-0.3, -0.25) is 0 Å². The van der Waals surface area contributed by atoms with E-state index >= 15 is 0 Å². The third kappa shape index (κ3) is 6.38. The molecule has 2 N–H and O–H groups in total. The van der Waals surface area contributed by atoms with Crippen LogP contribution in [0.3, 0.4) is 0 Å². The molecule has 186 valence electrons. The summed E-state index contributed by atoms with van der Waals surface area (Å²) in [5.41, 5.74) is 0.926. The quantitative estimate of drug-likeness (QED) is 0.527. The van der Waals surface area contributed by atoms with Crippen molar-refractivity contribution in [2.75, 3.05) is 37.0 Å². The number of nitrogens with one attached hydrogen (secondary N) is 2. The highest BCUT2D eigenvalue weighted by atomic mass is 35.5. The van der Waals surface area contributed by atoms with Crippen molar-refractivity contribution in [2.24, 2.45) is 5.92 Å². The molecule has 4 rings (SSSR count). The Labute approximate surface area is 207 Å². The van der Waals surface area contributed by atoms with Crippen LogP contribution < -0.4 is 14.9 Å². The molecule has 1 saturated heterocycles. The maximum absolute atomic E-state index is 13.0. The van der Waals surface area contributed by atoms with E-state index in [1.807, 2.05) is 6.07 Å². The number of hydrogen-bond acceptors (Lipinski definition) is 7. The Morgan fingerprint density at radius 2 is 1.82 bits per heavy atom. The van der Waals surface area contributed by atoms with E-state index in [9.17, 15) is 8.42 Å². The molecule has 34 heavy (non-hydrogen) atoms. The highest BCUT2D eigenvalue weighted by Gasteiger charge is 2.27. The maximum atomic E-state index is 13.0. The van der Waals surface area contributed by atoms with E-state index in [4.69, 9.17) is 16.3 Å². The first-order chi connectivity index (χ1) is 16.5.